The largest absolute Gasteiger partial charge is 0.346 e. The molecule has 68 valence electrons. The van der Waals surface area contributed by atoms with Crippen LogP contribution in [-0.2, 0) is 9.59 Å². The molecular weight excluding hydrogens is 154 g/mol. The van der Waals surface area contributed by atoms with Crippen LogP contribution in [0.3, 0.4) is 0 Å². The molecule has 1 N–H and O–H groups in total. The summed E-state index contributed by atoms with van der Waals surface area (Å²) in [7, 11) is 0. The van der Waals surface area contributed by atoms with Gasteiger partial charge in [-0.1, -0.05) is 13.3 Å². The van der Waals surface area contributed by atoms with Crippen molar-refractivity contribution in [2.75, 3.05) is 0 Å². The number of carbonyl (C=O) groups is 2. The minimum atomic E-state index is -0.261. The lowest BCUT2D eigenvalue weighted by atomic mass is 10.2. The van der Waals surface area contributed by atoms with E-state index in [1.807, 2.05) is 6.92 Å². The van der Waals surface area contributed by atoms with Crippen molar-refractivity contribution in [3.63, 3.8) is 0 Å². The molecule has 0 radical (unpaired) electrons. The van der Waals surface area contributed by atoms with Gasteiger partial charge < -0.3 is 10.1 Å². The van der Waals surface area contributed by atoms with E-state index in [0.717, 1.165) is 32.0 Å². The maximum atomic E-state index is 11.2. The van der Waals surface area contributed by atoms with Gasteiger partial charge >= 0.3 is 0 Å². The number of hydrogen-bond donors (Lipinski definition) is 1. The molecule has 0 aromatic rings. The van der Waals surface area contributed by atoms with Crippen molar-refractivity contribution < 1.29 is 9.59 Å². The van der Waals surface area contributed by atoms with Crippen LogP contribution in [0.5, 0.6) is 0 Å². The molecule has 1 aliphatic rings. The third-order valence-electron chi connectivity index (χ3n) is 2.04. The Morgan fingerprint density at radius 3 is 2.75 bits per heavy atom. The smallest absolute Gasteiger partial charge is 0.223 e. The predicted molar refractivity (Wildman–Crippen MR) is 45.6 cm³/mol. The van der Waals surface area contributed by atoms with Gasteiger partial charge in [-0.3, -0.25) is 4.79 Å². The number of rotatable bonds is 5. The van der Waals surface area contributed by atoms with Crippen molar-refractivity contribution in [1.82, 2.24) is 5.32 Å². The monoisotopic (exact) mass is 169 g/mol. The summed E-state index contributed by atoms with van der Waals surface area (Å²) in [6, 6.07) is -0.261. The second kappa shape index (κ2) is 4.24. The van der Waals surface area contributed by atoms with Crippen molar-refractivity contribution in [3.8, 4) is 0 Å². The minimum Gasteiger partial charge on any atom is -0.346 e. The zero-order valence-electron chi connectivity index (χ0n) is 7.38. The number of nitrogens with one attached hydrogen (secondary N) is 1. The standard InChI is InChI=1S/C9H15NO2/c1-2-3-8(6-11)10-9(12)7-4-5-7/h6-8H,2-5H2,1H3,(H,10,12). The van der Waals surface area contributed by atoms with Crippen molar-refractivity contribution in [2.24, 2.45) is 5.92 Å². The average molecular weight is 169 g/mol. The highest BCUT2D eigenvalue weighted by Crippen LogP contribution is 2.28. The van der Waals surface area contributed by atoms with Gasteiger partial charge in [0.2, 0.25) is 5.91 Å². The summed E-state index contributed by atoms with van der Waals surface area (Å²) < 4.78 is 0. The van der Waals surface area contributed by atoms with Crippen LogP contribution in [0, 0.1) is 5.92 Å². The molecule has 3 heteroatoms. The Morgan fingerprint density at radius 2 is 2.33 bits per heavy atom. The molecule has 0 aliphatic heterocycles. The Balaban J connectivity index is 2.24. The van der Waals surface area contributed by atoms with Gasteiger partial charge in [0.15, 0.2) is 0 Å². The van der Waals surface area contributed by atoms with Gasteiger partial charge in [0.05, 0.1) is 6.04 Å². The first-order valence-corrected chi connectivity index (χ1v) is 4.53. The highest BCUT2D eigenvalue weighted by molar-refractivity contribution is 5.83. The van der Waals surface area contributed by atoms with E-state index in [-0.39, 0.29) is 17.9 Å². The van der Waals surface area contributed by atoms with E-state index in [1.54, 1.807) is 0 Å². The number of carbonyl (C=O) groups excluding carboxylic acids is 2. The molecule has 0 saturated heterocycles. The van der Waals surface area contributed by atoms with Gasteiger partial charge in [0.25, 0.3) is 0 Å². The zero-order chi connectivity index (χ0) is 8.97. The first-order valence-electron chi connectivity index (χ1n) is 4.53. The fraction of sp³-hybridized carbons (Fsp3) is 0.778. The molecule has 0 bridgehead atoms. The van der Waals surface area contributed by atoms with E-state index in [2.05, 4.69) is 5.32 Å². The Kier molecular flexibility index (Phi) is 3.26. The summed E-state index contributed by atoms with van der Waals surface area (Å²) in [6.07, 6.45) is 4.48. The molecule has 0 aromatic heterocycles. The summed E-state index contributed by atoms with van der Waals surface area (Å²) >= 11 is 0. The van der Waals surface area contributed by atoms with E-state index in [4.69, 9.17) is 0 Å². The Labute approximate surface area is 72.5 Å². The van der Waals surface area contributed by atoms with Gasteiger partial charge in [-0.05, 0) is 19.3 Å². The average Bonchev–Trinajstić information content (AvgIpc) is 2.85. The fourth-order valence-electron chi connectivity index (χ4n) is 1.13. The summed E-state index contributed by atoms with van der Waals surface area (Å²) in [5.41, 5.74) is 0. The SMILES string of the molecule is CCCC(C=O)NC(=O)C1CC1. The second-order valence-electron chi connectivity index (χ2n) is 3.31. The first kappa shape index (κ1) is 9.23. The molecule has 12 heavy (non-hydrogen) atoms. The van der Waals surface area contributed by atoms with E-state index < -0.39 is 0 Å². The summed E-state index contributed by atoms with van der Waals surface area (Å²) in [5, 5.41) is 2.72. The Bertz CT molecular complexity index is 175. The van der Waals surface area contributed by atoms with Crippen molar-refractivity contribution >= 4 is 12.2 Å². The highest BCUT2D eigenvalue weighted by Gasteiger charge is 2.30. The molecule has 1 fully saturated rings. The molecule has 1 aliphatic carbocycles. The quantitative estimate of drug-likeness (QED) is 0.621. The molecule has 1 atom stereocenters. The highest BCUT2D eigenvalue weighted by atomic mass is 16.2. The van der Waals surface area contributed by atoms with Crippen LogP contribution in [0.4, 0.5) is 0 Å². The Hall–Kier alpha value is -0.860. The number of hydrogen-bond acceptors (Lipinski definition) is 2. The van der Waals surface area contributed by atoms with E-state index in [0.29, 0.717) is 0 Å². The molecule has 1 saturated carbocycles. The number of aldehydes is 1. The van der Waals surface area contributed by atoms with Crippen LogP contribution in [-0.4, -0.2) is 18.2 Å². The van der Waals surface area contributed by atoms with Crippen LogP contribution in [0.1, 0.15) is 32.6 Å². The number of amides is 1. The van der Waals surface area contributed by atoms with Gasteiger partial charge in [-0.25, -0.2) is 0 Å². The van der Waals surface area contributed by atoms with E-state index >= 15 is 0 Å². The minimum absolute atomic E-state index is 0.0561. The molecule has 0 spiro atoms. The van der Waals surface area contributed by atoms with Crippen LogP contribution in [0.25, 0.3) is 0 Å². The third kappa shape index (κ3) is 2.64. The molecule has 1 unspecified atom stereocenters. The van der Waals surface area contributed by atoms with E-state index in [9.17, 15) is 9.59 Å². The van der Waals surface area contributed by atoms with Gasteiger partial charge in [0.1, 0.15) is 6.29 Å². The predicted octanol–water partition coefficient (Wildman–Crippen LogP) is 0.880. The lowest BCUT2D eigenvalue weighted by Crippen LogP contribution is -2.36. The van der Waals surface area contributed by atoms with Crippen LogP contribution < -0.4 is 5.32 Å². The van der Waals surface area contributed by atoms with Crippen LogP contribution >= 0.6 is 0 Å². The van der Waals surface area contributed by atoms with Gasteiger partial charge in [0, 0.05) is 5.92 Å². The lowest BCUT2D eigenvalue weighted by Gasteiger charge is -2.10. The van der Waals surface area contributed by atoms with Crippen molar-refractivity contribution in [3.05, 3.63) is 0 Å². The van der Waals surface area contributed by atoms with Crippen LogP contribution in [0.15, 0.2) is 0 Å². The molecule has 3 nitrogen and oxygen atoms in total. The second-order valence-corrected chi connectivity index (χ2v) is 3.31. The maximum absolute atomic E-state index is 11.2. The first-order chi connectivity index (χ1) is 5.77. The third-order valence-corrected chi connectivity index (χ3v) is 2.04. The summed E-state index contributed by atoms with van der Waals surface area (Å²) in [5.74, 6) is 0.254. The van der Waals surface area contributed by atoms with E-state index in [1.165, 1.54) is 0 Å². The maximum Gasteiger partial charge on any atom is 0.223 e. The molecule has 0 aromatic carbocycles. The topological polar surface area (TPSA) is 46.2 Å². The fourth-order valence-corrected chi connectivity index (χ4v) is 1.13. The Morgan fingerprint density at radius 1 is 1.67 bits per heavy atom. The molecular formula is C9H15NO2. The molecule has 1 rings (SSSR count). The zero-order valence-corrected chi connectivity index (χ0v) is 7.38. The molecule has 1 amide bonds. The van der Waals surface area contributed by atoms with Crippen molar-refractivity contribution in [1.29, 1.82) is 0 Å². The van der Waals surface area contributed by atoms with Gasteiger partial charge in [-0.2, -0.15) is 0 Å². The summed E-state index contributed by atoms with van der Waals surface area (Å²) in [4.78, 5) is 21.6. The molecule has 0 heterocycles. The van der Waals surface area contributed by atoms with Crippen molar-refractivity contribution in [2.45, 2.75) is 38.6 Å². The lowest BCUT2D eigenvalue weighted by molar-refractivity contribution is -0.125. The van der Waals surface area contributed by atoms with Crippen LogP contribution in [0.2, 0.25) is 0 Å². The summed E-state index contributed by atoms with van der Waals surface area (Å²) in [6.45, 7) is 2.00. The van der Waals surface area contributed by atoms with Gasteiger partial charge in [-0.15, -0.1) is 0 Å². The normalized spacial score (nSPS) is 18.4.